The third kappa shape index (κ3) is 5.08. The topological polar surface area (TPSA) is 64.7 Å². The van der Waals surface area contributed by atoms with Gasteiger partial charge in [-0.15, -0.1) is 0 Å². The van der Waals surface area contributed by atoms with Gasteiger partial charge in [0.05, 0.1) is 0 Å². The number of rotatable bonds is 3. The fourth-order valence-electron chi connectivity index (χ4n) is 0.425. The third-order valence-corrected chi connectivity index (χ3v) is 0.798. The van der Waals surface area contributed by atoms with Crippen LogP contribution >= 0.6 is 0 Å². The number of nitrogens with two attached hydrogens (primary N) is 1. The molecule has 0 bridgehead atoms. The van der Waals surface area contributed by atoms with Crippen LogP contribution in [0.4, 0.5) is 0 Å². The maximum absolute atomic E-state index is 10.2. The Balaban J connectivity index is 3.57. The fourth-order valence-corrected chi connectivity index (χ4v) is 0.425. The summed E-state index contributed by atoms with van der Waals surface area (Å²) in [5.74, 6) is -0.0863. The van der Waals surface area contributed by atoms with Crippen molar-refractivity contribution in [3.05, 3.63) is 0 Å². The molecule has 0 atom stereocenters. The van der Waals surface area contributed by atoms with Crippen molar-refractivity contribution < 1.29 is 9.63 Å². The molecule has 0 unspecified atom stereocenters. The molecule has 0 aromatic carbocycles. The molecule has 0 amide bonds. The van der Waals surface area contributed by atoms with E-state index in [9.17, 15) is 4.79 Å². The van der Waals surface area contributed by atoms with Gasteiger partial charge in [-0.05, 0) is 6.42 Å². The van der Waals surface area contributed by atoms with Crippen molar-refractivity contribution in [2.45, 2.75) is 26.7 Å². The molecule has 58 valence electrons. The van der Waals surface area contributed by atoms with Crippen LogP contribution in [0.5, 0.6) is 0 Å². The lowest BCUT2D eigenvalue weighted by molar-refractivity contribution is -0.140. The minimum absolute atomic E-state index is 0.359. The zero-order valence-electron chi connectivity index (χ0n) is 6.26. The lowest BCUT2D eigenvalue weighted by Crippen LogP contribution is -2.12. The van der Waals surface area contributed by atoms with Gasteiger partial charge in [-0.25, -0.2) is 4.79 Å². The van der Waals surface area contributed by atoms with Crippen molar-refractivity contribution in [1.29, 1.82) is 0 Å². The Morgan fingerprint density at radius 2 is 2.30 bits per heavy atom. The number of carbonyl (C=O) groups excluding carboxylic acids is 1. The molecule has 4 heteroatoms. The van der Waals surface area contributed by atoms with Crippen molar-refractivity contribution in [3.63, 3.8) is 0 Å². The molecule has 0 aromatic rings. The van der Waals surface area contributed by atoms with E-state index in [0.29, 0.717) is 12.3 Å². The molecule has 0 spiro atoms. The summed E-state index contributed by atoms with van der Waals surface area (Å²) in [7, 11) is 0. The summed E-state index contributed by atoms with van der Waals surface area (Å²) in [5, 5.41) is 3.36. The Hall–Kier alpha value is -1.06. The van der Waals surface area contributed by atoms with E-state index in [-0.39, 0.29) is 0 Å². The number of carbonyl (C=O) groups is 1. The number of hydrogen-bond donors (Lipinski definition) is 1. The first kappa shape index (κ1) is 8.94. The van der Waals surface area contributed by atoms with Crippen molar-refractivity contribution in [1.82, 2.24) is 0 Å². The molecule has 0 aromatic heterocycles. The fraction of sp³-hybridized carbons (Fsp3) is 0.667. The first-order valence-electron chi connectivity index (χ1n) is 3.16. The van der Waals surface area contributed by atoms with Gasteiger partial charge in [-0.1, -0.05) is 12.1 Å². The molecular weight excluding hydrogens is 132 g/mol. The van der Waals surface area contributed by atoms with Gasteiger partial charge in [0.2, 0.25) is 0 Å². The molecule has 10 heavy (non-hydrogen) atoms. The molecule has 0 aliphatic heterocycles. The minimum atomic E-state index is -0.445. The Kier molecular flexibility index (Phi) is 4.28. The van der Waals surface area contributed by atoms with Crippen molar-refractivity contribution in [2.75, 3.05) is 0 Å². The number of hydrogen-bond acceptors (Lipinski definition) is 3. The van der Waals surface area contributed by atoms with Crippen molar-refractivity contribution in [2.24, 2.45) is 10.9 Å². The van der Waals surface area contributed by atoms with E-state index in [1.54, 1.807) is 0 Å². The van der Waals surface area contributed by atoms with Gasteiger partial charge in [-0.2, -0.15) is 0 Å². The van der Waals surface area contributed by atoms with E-state index in [1.165, 1.54) is 6.92 Å². The molecule has 4 nitrogen and oxygen atoms in total. The zero-order chi connectivity index (χ0) is 7.98. The first-order valence-corrected chi connectivity index (χ1v) is 3.16. The highest BCUT2D eigenvalue weighted by Gasteiger charge is 1.92. The molecule has 0 saturated heterocycles. The van der Waals surface area contributed by atoms with Gasteiger partial charge in [0, 0.05) is 13.3 Å². The summed E-state index contributed by atoms with van der Waals surface area (Å²) in [4.78, 5) is 14.4. The van der Waals surface area contributed by atoms with Crippen LogP contribution in [-0.4, -0.2) is 11.8 Å². The van der Waals surface area contributed by atoms with Gasteiger partial charge in [0.1, 0.15) is 5.84 Å². The van der Waals surface area contributed by atoms with Crippen LogP contribution < -0.4 is 5.73 Å². The molecule has 2 N–H and O–H groups in total. The molecule has 0 heterocycles. The highest BCUT2D eigenvalue weighted by Crippen LogP contribution is 1.87. The van der Waals surface area contributed by atoms with Gasteiger partial charge in [-0.3, -0.25) is 0 Å². The number of amidine groups is 1. The van der Waals surface area contributed by atoms with Crippen LogP contribution in [0.15, 0.2) is 5.16 Å². The summed E-state index contributed by atoms with van der Waals surface area (Å²) >= 11 is 0. The Bertz CT molecular complexity index is 143. The SMILES string of the molecule is CCC/C(N)=N/OC(C)=O. The standard InChI is InChI=1S/C6H12N2O2/c1-3-4-6(7)8-10-5(2)9/h3-4H2,1-2H3,(H2,7,8). The predicted octanol–water partition coefficient (Wildman–Crippen LogP) is 0.622. The van der Waals surface area contributed by atoms with Crippen molar-refractivity contribution >= 4 is 11.8 Å². The highest BCUT2D eigenvalue weighted by atomic mass is 16.7. The normalized spacial score (nSPS) is 11.2. The lowest BCUT2D eigenvalue weighted by Gasteiger charge is -1.94. The van der Waals surface area contributed by atoms with Crippen LogP contribution in [0.25, 0.3) is 0 Å². The zero-order valence-corrected chi connectivity index (χ0v) is 6.26. The summed E-state index contributed by atoms with van der Waals surface area (Å²) in [6, 6.07) is 0. The Labute approximate surface area is 60.0 Å². The van der Waals surface area contributed by atoms with Gasteiger partial charge >= 0.3 is 5.97 Å². The Morgan fingerprint density at radius 3 is 2.70 bits per heavy atom. The summed E-state index contributed by atoms with van der Waals surface area (Å²) < 4.78 is 0. The molecular formula is C6H12N2O2. The van der Waals surface area contributed by atoms with Gasteiger partial charge in [0.25, 0.3) is 0 Å². The highest BCUT2D eigenvalue weighted by molar-refractivity contribution is 5.80. The monoisotopic (exact) mass is 144 g/mol. The largest absolute Gasteiger partial charge is 0.384 e. The quantitative estimate of drug-likeness (QED) is 0.273. The second-order valence-corrected chi connectivity index (χ2v) is 1.92. The van der Waals surface area contributed by atoms with Crippen LogP contribution in [0.2, 0.25) is 0 Å². The Morgan fingerprint density at radius 1 is 1.70 bits per heavy atom. The van der Waals surface area contributed by atoms with Crippen LogP contribution in [0, 0.1) is 0 Å². The second-order valence-electron chi connectivity index (χ2n) is 1.92. The average molecular weight is 144 g/mol. The number of oxime groups is 1. The molecule has 0 fully saturated rings. The molecule has 0 radical (unpaired) electrons. The summed E-state index contributed by atoms with van der Waals surface area (Å²) in [6.07, 6.45) is 1.56. The summed E-state index contributed by atoms with van der Waals surface area (Å²) in [6.45, 7) is 3.25. The summed E-state index contributed by atoms with van der Waals surface area (Å²) in [5.41, 5.74) is 5.31. The van der Waals surface area contributed by atoms with E-state index in [4.69, 9.17) is 5.73 Å². The van der Waals surface area contributed by atoms with Crippen LogP contribution in [0.1, 0.15) is 26.7 Å². The van der Waals surface area contributed by atoms with E-state index >= 15 is 0 Å². The third-order valence-electron chi connectivity index (χ3n) is 0.798. The van der Waals surface area contributed by atoms with E-state index in [2.05, 4.69) is 9.99 Å². The van der Waals surface area contributed by atoms with E-state index in [1.807, 2.05) is 6.92 Å². The lowest BCUT2D eigenvalue weighted by atomic mass is 10.3. The van der Waals surface area contributed by atoms with E-state index in [0.717, 1.165) is 6.42 Å². The number of nitrogens with zero attached hydrogens (tertiary/aromatic N) is 1. The van der Waals surface area contributed by atoms with Gasteiger partial charge in [0.15, 0.2) is 0 Å². The average Bonchev–Trinajstić information content (AvgIpc) is 1.85. The first-order chi connectivity index (χ1) is 4.66. The second kappa shape index (κ2) is 4.78. The molecule has 0 rings (SSSR count). The maximum atomic E-state index is 10.2. The minimum Gasteiger partial charge on any atom is -0.384 e. The molecule has 0 saturated carbocycles. The van der Waals surface area contributed by atoms with Gasteiger partial charge < -0.3 is 10.6 Å². The van der Waals surface area contributed by atoms with E-state index < -0.39 is 5.97 Å². The van der Waals surface area contributed by atoms with Crippen molar-refractivity contribution in [3.8, 4) is 0 Å². The van der Waals surface area contributed by atoms with Crippen LogP contribution in [-0.2, 0) is 9.63 Å². The predicted molar refractivity (Wildman–Crippen MR) is 38.3 cm³/mol. The smallest absolute Gasteiger partial charge is 0.332 e. The molecule has 0 aliphatic carbocycles. The maximum Gasteiger partial charge on any atom is 0.332 e. The molecule has 0 aliphatic rings. The van der Waals surface area contributed by atoms with Crippen LogP contribution in [0.3, 0.4) is 0 Å².